The molecule has 1 amide bonds. The third-order valence-electron chi connectivity index (χ3n) is 2.40. The van der Waals surface area contributed by atoms with Gasteiger partial charge in [-0.25, -0.2) is 4.39 Å². The fourth-order valence-corrected chi connectivity index (χ4v) is 1.27. The molecule has 1 unspecified atom stereocenters. The van der Waals surface area contributed by atoms with Gasteiger partial charge in [0.2, 0.25) is 0 Å². The molecule has 4 nitrogen and oxygen atoms in total. The van der Waals surface area contributed by atoms with Crippen molar-refractivity contribution in [2.75, 3.05) is 19.8 Å². The summed E-state index contributed by atoms with van der Waals surface area (Å²) in [6.45, 7) is 3.76. The lowest BCUT2D eigenvalue weighted by molar-refractivity contribution is -0.123. The second-order valence-electron chi connectivity index (χ2n) is 4.31. The molecule has 0 heterocycles. The van der Waals surface area contributed by atoms with E-state index >= 15 is 0 Å². The van der Waals surface area contributed by atoms with E-state index in [1.165, 1.54) is 6.07 Å². The van der Waals surface area contributed by atoms with E-state index in [0.29, 0.717) is 6.54 Å². The number of carbonyl (C=O) groups excluding carboxylic acids is 1. The van der Waals surface area contributed by atoms with E-state index in [1.807, 2.05) is 6.92 Å². The lowest BCUT2D eigenvalue weighted by Gasteiger charge is -2.11. The summed E-state index contributed by atoms with van der Waals surface area (Å²) in [5, 5.41) is 11.4. The van der Waals surface area contributed by atoms with Gasteiger partial charge in [0.25, 0.3) is 5.91 Å². The van der Waals surface area contributed by atoms with Crippen molar-refractivity contribution in [3.8, 4) is 5.75 Å². The highest BCUT2D eigenvalue weighted by Gasteiger charge is 2.08. The Labute approximate surface area is 106 Å². The van der Waals surface area contributed by atoms with Crippen molar-refractivity contribution in [3.05, 3.63) is 29.6 Å². The third kappa shape index (κ3) is 4.71. The Morgan fingerprint density at radius 1 is 1.56 bits per heavy atom. The molecule has 0 spiro atoms. The number of carbonyl (C=O) groups is 1. The molecule has 1 aromatic carbocycles. The number of aliphatic hydroxyl groups excluding tert-OH is 1. The first-order chi connectivity index (χ1) is 8.52. The van der Waals surface area contributed by atoms with Gasteiger partial charge in [-0.15, -0.1) is 0 Å². The maximum atomic E-state index is 13.3. The maximum absolute atomic E-state index is 13.3. The first kappa shape index (κ1) is 14.4. The second-order valence-corrected chi connectivity index (χ2v) is 4.31. The number of rotatable bonds is 6. The average Bonchev–Trinajstić information content (AvgIpc) is 2.36. The van der Waals surface area contributed by atoms with Crippen LogP contribution in [0.4, 0.5) is 4.39 Å². The van der Waals surface area contributed by atoms with Crippen LogP contribution in [0.15, 0.2) is 18.2 Å². The summed E-state index contributed by atoms with van der Waals surface area (Å²) in [6.07, 6.45) is 0. The predicted molar refractivity (Wildman–Crippen MR) is 65.9 cm³/mol. The van der Waals surface area contributed by atoms with Gasteiger partial charge in [0.1, 0.15) is 0 Å². The first-order valence-electron chi connectivity index (χ1n) is 5.79. The fourth-order valence-electron chi connectivity index (χ4n) is 1.27. The van der Waals surface area contributed by atoms with Crippen LogP contribution in [0, 0.1) is 18.7 Å². The van der Waals surface area contributed by atoms with Gasteiger partial charge in [-0.2, -0.15) is 0 Å². The molecule has 1 rings (SSSR count). The highest BCUT2D eigenvalue weighted by molar-refractivity contribution is 5.77. The molecule has 1 atom stereocenters. The number of aliphatic hydroxyl groups is 1. The summed E-state index contributed by atoms with van der Waals surface area (Å²) in [7, 11) is 0. The summed E-state index contributed by atoms with van der Waals surface area (Å²) in [5.74, 6) is -0.765. The average molecular weight is 255 g/mol. The Balaban J connectivity index is 2.40. The Morgan fingerprint density at radius 2 is 2.28 bits per heavy atom. The van der Waals surface area contributed by atoms with Crippen LogP contribution in [0.2, 0.25) is 0 Å². The van der Waals surface area contributed by atoms with Crippen molar-refractivity contribution in [1.82, 2.24) is 5.32 Å². The van der Waals surface area contributed by atoms with Crippen molar-refractivity contribution in [1.29, 1.82) is 0 Å². The van der Waals surface area contributed by atoms with E-state index in [4.69, 9.17) is 9.84 Å². The van der Waals surface area contributed by atoms with E-state index in [-0.39, 0.29) is 30.8 Å². The minimum atomic E-state index is -0.489. The summed E-state index contributed by atoms with van der Waals surface area (Å²) in [5.41, 5.74) is 0.862. The molecule has 0 aromatic heterocycles. The molecular formula is C13H18FNO3. The molecule has 18 heavy (non-hydrogen) atoms. The number of benzene rings is 1. The quantitative estimate of drug-likeness (QED) is 0.804. The SMILES string of the molecule is Cc1ccc(F)c(OCC(=O)NCC(C)CO)c1. The molecule has 0 saturated heterocycles. The topological polar surface area (TPSA) is 58.6 Å². The molecule has 5 heteroatoms. The molecule has 0 bridgehead atoms. The van der Waals surface area contributed by atoms with Crippen LogP contribution in [0.1, 0.15) is 12.5 Å². The minimum Gasteiger partial charge on any atom is -0.481 e. The van der Waals surface area contributed by atoms with E-state index in [0.717, 1.165) is 5.56 Å². The molecule has 0 fully saturated rings. The highest BCUT2D eigenvalue weighted by Crippen LogP contribution is 2.17. The van der Waals surface area contributed by atoms with E-state index < -0.39 is 5.82 Å². The Hall–Kier alpha value is -1.62. The zero-order chi connectivity index (χ0) is 13.5. The van der Waals surface area contributed by atoms with Gasteiger partial charge in [-0.3, -0.25) is 4.79 Å². The summed E-state index contributed by atoms with van der Waals surface area (Å²) in [4.78, 5) is 11.4. The number of aryl methyl sites for hydroxylation is 1. The zero-order valence-electron chi connectivity index (χ0n) is 10.6. The Kier molecular flexibility index (Phi) is 5.58. The van der Waals surface area contributed by atoms with Crippen molar-refractivity contribution in [3.63, 3.8) is 0 Å². The van der Waals surface area contributed by atoms with Gasteiger partial charge >= 0.3 is 0 Å². The molecule has 0 radical (unpaired) electrons. The van der Waals surface area contributed by atoms with E-state index in [2.05, 4.69) is 5.32 Å². The number of hydrogen-bond donors (Lipinski definition) is 2. The van der Waals surface area contributed by atoms with Gasteiger partial charge in [0, 0.05) is 13.2 Å². The van der Waals surface area contributed by atoms with Crippen LogP contribution in [0.25, 0.3) is 0 Å². The first-order valence-corrected chi connectivity index (χ1v) is 5.79. The van der Waals surface area contributed by atoms with Gasteiger partial charge in [-0.05, 0) is 30.5 Å². The smallest absolute Gasteiger partial charge is 0.257 e. The second kappa shape index (κ2) is 6.96. The van der Waals surface area contributed by atoms with Gasteiger partial charge < -0.3 is 15.2 Å². The molecule has 0 aliphatic carbocycles. The summed E-state index contributed by atoms with van der Waals surface area (Å²) >= 11 is 0. The monoisotopic (exact) mass is 255 g/mol. The molecule has 2 N–H and O–H groups in total. The van der Waals surface area contributed by atoms with E-state index in [9.17, 15) is 9.18 Å². The third-order valence-corrected chi connectivity index (χ3v) is 2.40. The number of hydrogen-bond acceptors (Lipinski definition) is 3. The van der Waals surface area contributed by atoms with Gasteiger partial charge in [-0.1, -0.05) is 13.0 Å². The van der Waals surface area contributed by atoms with Gasteiger partial charge in [0.15, 0.2) is 18.2 Å². The largest absolute Gasteiger partial charge is 0.481 e. The van der Waals surface area contributed by atoms with Crippen LogP contribution >= 0.6 is 0 Å². The predicted octanol–water partition coefficient (Wildman–Crippen LogP) is 1.26. The van der Waals surface area contributed by atoms with Crippen LogP contribution in [0.3, 0.4) is 0 Å². The Morgan fingerprint density at radius 3 is 2.94 bits per heavy atom. The van der Waals surface area contributed by atoms with Crippen LogP contribution < -0.4 is 10.1 Å². The number of nitrogens with one attached hydrogen (secondary N) is 1. The summed E-state index contributed by atoms with van der Waals surface area (Å²) in [6, 6.07) is 4.47. The van der Waals surface area contributed by atoms with Gasteiger partial charge in [0.05, 0.1) is 0 Å². The number of amides is 1. The maximum Gasteiger partial charge on any atom is 0.257 e. The van der Waals surface area contributed by atoms with Crippen molar-refractivity contribution >= 4 is 5.91 Å². The number of halogens is 1. The normalized spacial score (nSPS) is 12.0. The lowest BCUT2D eigenvalue weighted by atomic mass is 10.2. The van der Waals surface area contributed by atoms with Crippen LogP contribution in [0.5, 0.6) is 5.75 Å². The van der Waals surface area contributed by atoms with E-state index in [1.54, 1.807) is 19.1 Å². The molecule has 1 aromatic rings. The van der Waals surface area contributed by atoms with Crippen molar-refractivity contribution in [2.24, 2.45) is 5.92 Å². The highest BCUT2D eigenvalue weighted by atomic mass is 19.1. The number of ether oxygens (including phenoxy) is 1. The molecule has 0 aliphatic rings. The van der Waals surface area contributed by atoms with Crippen molar-refractivity contribution in [2.45, 2.75) is 13.8 Å². The zero-order valence-corrected chi connectivity index (χ0v) is 10.6. The standard InChI is InChI=1S/C13H18FNO3/c1-9-3-4-11(14)12(5-9)18-8-13(17)15-6-10(2)7-16/h3-5,10,16H,6-8H2,1-2H3,(H,15,17). The lowest BCUT2D eigenvalue weighted by Crippen LogP contribution is -2.33. The van der Waals surface area contributed by atoms with Crippen LogP contribution in [-0.4, -0.2) is 30.8 Å². The molecular weight excluding hydrogens is 237 g/mol. The van der Waals surface area contributed by atoms with Crippen LogP contribution in [-0.2, 0) is 4.79 Å². The molecule has 100 valence electrons. The fraction of sp³-hybridized carbons (Fsp3) is 0.462. The summed E-state index contributed by atoms with van der Waals surface area (Å²) < 4.78 is 18.4. The van der Waals surface area contributed by atoms with Crippen molar-refractivity contribution < 1.29 is 19.0 Å². The minimum absolute atomic E-state index is 0.00758. The Bertz CT molecular complexity index is 409. The molecule has 0 saturated carbocycles. The molecule has 0 aliphatic heterocycles.